The van der Waals surface area contributed by atoms with Crippen molar-refractivity contribution < 1.29 is 44.3 Å². The second-order valence-corrected chi connectivity index (χ2v) is 3.19. The van der Waals surface area contributed by atoms with Crippen molar-refractivity contribution in [2.24, 2.45) is 0 Å². The summed E-state index contributed by atoms with van der Waals surface area (Å²) >= 11 is 0. The van der Waals surface area contributed by atoms with Gasteiger partial charge in [0, 0.05) is 0 Å². The molecule has 0 aliphatic rings. The first-order valence-electron chi connectivity index (χ1n) is 4.27. The largest absolute Gasteiger partial charge is 0.431 e. The monoisotopic (exact) mass is 290 g/mol. The lowest BCUT2D eigenvalue weighted by Gasteiger charge is -2.34. The average Bonchev–Trinajstić information content (AvgIpc) is 2.12. The minimum Gasteiger partial charge on any atom is -0.247 e. The summed E-state index contributed by atoms with van der Waals surface area (Å²) in [5.74, 6) is -2.78. The normalized spacial score (nSPS) is 17.4. The van der Waals surface area contributed by atoms with Gasteiger partial charge in [-0.05, 0) is 6.42 Å². The van der Waals surface area contributed by atoms with Crippen molar-refractivity contribution in [3.05, 3.63) is 12.4 Å². The maximum Gasteiger partial charge on any atom is 0.431 e. The Hall–Kier alpha value is -0.930. The zero-order valence-electron chi connectivity index (χ0n) is 8.72. The summed E-state index contributed by atoms with van der Waals surface area (Å²) < 4.78 is 114. The van der Waals surface area contributed by atoms with Crippen molar-refractivity contribution in [1.82, 2.24) is 0 Å². The Bertz CT molecular complexity index is 321. The van der Waals surface area contributed by atoms with E-state index in [-0.39, 0.29) is 0 Å². The zero-order valence-corrected chi connectivity index (χ0v) is 8.72. The van der Waals surface area contributed by atoms with Crippen LogP contribution in [-0.2, 0) is 4.74 Å². The Kier molecular flexibility index (Phi) is 4.39. The molecule has 0 heterocycles. The number of rotatable bonds is 5. The van der Waals surface area contributed by atoms with Crippen molar-refractivity contribution in [3.8, 4) is 0 Å². The highest BCUT2D eigenvalue weighted by molar-refractivity contribution is 4.98. The van der Waals surface area contributed by atoms with E-state index in [2.05, 4.69) is 4.74 Å². The van der Waals surface area contributed by atoms with Crippen molar-refractivity contribution in [2.75, 3.05) is 0 Å². The van der Waals surface area contributed by atoms with E-state index < -0.39 is 36.3 Å². The highest BCUT2D eigenvalue weighted by atomic mass is 19.4. The van der Waals surface area contributed by atoms with E-state index in [1.807, 2.05) is 6.58 Å². The fraction of sp³-hybridized carbons (Fsp3) is 0.750. The van der Waals surface area contributed by atoms with Crippen LogP contribution in [0, 0.1) is 0 Å². The van der Waals surface area contributed by atoms with Crippen LogP contribution in [0.4, 0.5) is 39.5 Å². The molecule has 0 amide bonds. The Balaban J connectivity index is 5.43. The van der Waals surface area contributed by atoms with Crippen LogP contribution in [0.2, 0.25) is 0 Å². The summed E-state index contributed by atoms with van der Waals surface area (Å²) in [4.78, 5) is 0. The molecule has 0 aromatic heterocycles. The second-order valence-electron chi connectivity index (χ2n) is 3.19. The SMILES string of the molecule is C=C(F)C(F)(F)OC(F)(F)C(F)(CC)C(F)(F)F. The van der Waals surface area contributed by atoms with Gasteiger partial charge in [-0.3, -0.25) is 0 Å². The van der Waals surface area contributed by atoms with Gasteiger partial charge in [0.25, 0.3) is 5.67 Å². The van der Waals surface area contributed by atoms with Crippen molar-refractivity contribution >= 4 is 0 Å². The van der Waals surface area contributed by atoms with Crippen LogP contribution in [-0.4, -0.2) is 24.1 Å². The summed E-state index contributed by atoms with van der Waals surface area (Å²) in [6.07, 6.45) is -19.5. The zero-order chi connectivity index (χ0) is 15.0. The molecular weight excluding hydrogens is 283 g/mol. The molecule has 108 valence electrons. The summed E-state index contributed by atoms with van der Waals surface area (Å²) in [5.41, 5.74) is -5.38. The maximum absolute atomic E-state index is 13.1. The van der Waals surface area contributed by atoms with Crippen LogP contribution in [0.5, 0.6) is 0 Å². The molecule has 1 nitrogen and oxygen atoms in total. The maximum atomic E-state index is 13.1. The molecule has 0 aromatic carbocycles. The predicted molar refractivity (Wildman–Crippen MR) is 41.4 cm³/mol. The average molecular weight is 290 g/mol. The fourth-order valence-electron chi connectivity index (χ4n) is 0.869. The molecule has 0 rings (SSSR count). The number of alkyl halides is 8. The molecule has 0 saturated heterocycles. The van der Waals surface area contributed by atoms with E-state index in [1.54, 1.807) is 0 Å². The Morgan fingerprint density at radius 3 is 1.61 bits per heavy atom. The lowest BCUT2D eigenvalue weighted by Crippen LogP contribution is -2.58. The molecule has 0 spiro atoms. The van der Waals surface area contributed by atoms with Gasteiger partial charge < -0.3 is 0 Å². The van der Waals surface area contributed by atoms with Gasteiger partial charge >= 0.3 is 18.4 Å². The number of halogens is 9. The van der Waals surface area contributed by atoms with E-state index in [9.17, 15) is 39.5 Å². The molecule has 10 heteroatoms. The van der Waals surface area contributed by atoms with E-state index in [1.165, 1.54) is 0 Å². The van der Waals surface area contributed by atoms with Gasteiger partial charge in [0.1, 0.15) is 0 Å². The van der Waals surface area contributed by atoms with E-state index in [0.29, 0.717) is 6.92 Å². The molecule has 18 heavy (non-hydrogen) atoms. The van der Waals surface area contributed by atoms with E-state index >= 15 is 0 Å². The van der Waals surface area contributed by atoms with Crippen LogP contribution in [0.15, 0.2) is 12.4 Å². The lowest BCUT2D eigenvalue weighted by molar-refractivity contribution is -0.438. The first-order chi connectivity index (χ1) is 7.71. The van der Waals surface area contributed by atoms with Gasteiger partial charge in [0.05, 0.1) is 0 Å². The third kappa shape index (κ3) is 2.90. The molecule has 0 radical (unpaired) electrons. The third-order valence-corrected chi connectivity index (χ3v) is 1.97. The summed E-state index contributed by atoms with van der Waals surface area (Å²) in [7, 11) is 0. The van der Waals surface area contributed by atoms with Gasteiger partial charge in [0.15, 0.2) is 5.83 Å². The smallest absolute Gasteiger partial charge is 0.247 e. The Morgan fingerprint density at radius 1 is 1.00 bits per heavy atom. The van der Waals surface area contributed by atoms with E-state index in [0.717, 1.165) is 0 Å². The first-order valence-corrected chi connectivity index (χ1v) is 4.27. The first kappa shape index (κ1) is 17.1. The van der Waals surface area contributed by atoms with Crippen LogP contribution in [0.3, 0.4) is 0 Å². The topological polar surface area (TPSA) is 9.23 Å². The van der Waals surface area contributed by atoms with Crippen LogP contribution < -0.4 is 0 Å². The molecule has 0 bridgehead atoms. The Morgan fingerprint density at radius 2 is 1.39 bits per heavy atom. The standard InChI is InChI=1S/C8H7F9O/c1-3-5(10,7(13,14)15)8(16,17)18-6(11,12)4(2)9/h2-3H2,1H3. The minimum atomic E-state index is -6.18. The number of hydrogen-bond donors (Lipinski definition) is 0. The molecular formula is C8H7F9O. The van der Waals surface area contributed by atoms with Crippen LogP contribution >= 0.6 is 0 Å². The summed E-state index contributed by atoms with van der Waals surface area (Å²) in [5, 5.41) is 0. The Labute approximate surface area is 95.2 Å². The van der Waals surface area contributed by atoms with Crippen molar-refractivity contribution in [2.45, 2.75) is 37.4 Å². The highest BCUT2D eigenvalue weighted by Gasteiger charge is 2.73. The third-order valence-electron chi connectivity index (χ3n) is 1.97. The van der Waals surface area contributed by atoms with Crippen molar-refractivity contribution in [1.29, 1.82) is 0 Å². The fourth-order valence-corrected chi connectivity index (χ4v) is 0.869. The molecule has 0 saturated carbocycles. The molecule has 0 aliphatic carbocycles. The lowest BCUT2D eigenvalue weighted by atomic mass is 10.0. The van der Waals surface area contributed by atoms with E-state index in [4.69, 9.17) is 0 Å². The molecule has 1 atom stereocenters. The quantitative estimate of drug-likeness (QED) is 0.684. The van der Waals surface area contributed by atoms with Crippen molar-refractivity contribution in [3.63, 3.8) is 0 Å². The van der Waals surface area contributed by atoms with Crippen LogP contribution in [0.25, 0.3) is 0 Å². The van der Waals surface area contributed by atoms with Gasteiger partial charge in [-0.15, -0.1) is 0 Å². The van der Waals surface area contributed by atoms with Gasteiger partial charge in [-0.25, -0.2) is 13.5 Å². The number of hydrogen-bond acceptors (Lipinski definition) is 1. The minimum absolute atomic E-state index is 0.340. The molecule has 0 aliphatic heterocycles. The van der Waals surface area contributed by atoms with Gasteiger partial charge in [-0.2, -0.15) is 30.7 Å². The molecule has 0 aromatic rings. The molecule has 0 fully saturated rings. The second kappa shape index (κ2) is 4.63. The molecule has 1 unspecified atom stereocenters. The van der Waals surface area contributed by atoms with Gasteiger partial charge in [0.2, 0.25) is 0 Å². The summed E-state index contributed by atoms with van der Waals surface area (Å²) in [6.45, 7) is 2.24. The molecule has 0 N–H and O–H groups in total. The van der Waals surface area contributed by atoms with Gasteiger partial charge in [-0.1, -0.05) is 13.5 Å². The summed E-state index contributed by atoms with van der Waals surface area (Å²) in [6, 6.07) is 0. The van der Waals surface area contributed by atoms with Crippen LogP contribution in [0.1, 0.15) is 13.3 Å². The highest BCUT2D eigenvalue weighted by Crippen LogP contribution is 2.50. The predicted octanol–water partition coefficient (Wildman–Crippen LogP) is 4.35. The number of ether oxygens (including phenoxy) is 1.